The van der Waals surface area contributed by atoms with Crippen molar-refractivity contribution >= 4 is 18.3 Å². The zero-order valence-electron chi connectivity index (χ0n) is 9.72. The molecule has 0 spiro atoms. The maximum Gasteiger partial charge on any atom is 0.240 e. The van der Waals surface area contributed by atoms with Crippen LogP contribution < -0.4 is 5.73 Å². The van der Waals surface area contributed by atoms with Crippen LogP contribution in [-0.2, 0) is 11.3 Å². The normalized spacial score (nSPS) is 8.44. The average molecular weight is 243 g/mol. The maximum absolute atomic E-state index is 9.47. The summed E-state index contributed by atoms with van der Waals surface area (Å²) in [6, 6.07) is 10.5. The van der Waals surface area contributed by atoms with Crippen LogP contribution in [0.2, 0.25) is 0 Å². The van der Waals surface area contributed by atoms with E-state index in [2.05, 4.69) is 55.6 Å². The minimum absolute atomic E-state index is 0. The van der Waals surface area contributed by atoms with Crippen molar-refractivity contribution in [3.05, 3.63) is 48.6 Å². The van der Waals surface area contributed by atoms with Crippen molar-refractivity contribution in [1.29, 1.82) is 0 Å². The summed E-state index contributed by atoms with van der Waals surface area (Å²) in [6.07, 6.45) is 1.06. The molecular formula is C12H19ClN2O. The van der Waals surface area contributed by atoms with Crippen LogP contribution in [0.1, 0.15) is 5.56 Å². The Balaban J connectivity index is 0. The third-order valence-corrected chi connectivity index (χ3v) is 1.54. The lowest BCUT2D eigenvalue weighted by molar-refractivity contribution is -0.113. The fourth-order valence-corrected chi connectivity index (χ4v) is 0.949. The SMILES string of the molecule is C=CC(N)=O.CN(C)Cc1ccccc1.Cl. The van der Waals surface area contributed by atoms with Gasteiger partial charge in [-0.1, -0.05) is 36.9 Å². The van der Waals surface area contributed by atoms with Crippen LogP contribution in [0.4, 0.5) is 0 Å². The Kier molecular flexibility index (Phi) is 10.9. The minimum Gasteiger partial charge on any atom is -0.366 e. The third-order valence-electron chi connectivity index (χ3n) is 1.54. The molecule has 0 aromatic heterocycles. The summed E-state index contributed by atoms with van der Waals surface area (Å²) in [5, 5.41) is 0. The molecule has 3 nitrogen and oxygen atoms in total. The first-order valence-corrected chi connectivity index (χ1v) is 4.66. The third kappa shape index (κ3) is 10.8. The molecule has 1 aromatic rings. The summed E-state index contributed by atoms with van der Waals surface area (Å²) < 4.78 is 0. The van der Waals surface area contributed by atoms with Gasteiger partial charge in [-0.2, -0.15) is 0 Å². The highest BCUT2D eigenvalue weighted by molar-refractivity contribution is 5.85. The molecule has 0 heterocycles. The van der Waals surface area contributed by atoms with Gasteiger partial charge in [0, 0.05) is 6.54 Å². The Morgan fingerprint density at radius 3 is 2.12 bits per heavy atom. The maximum atomic E-state index is 9.47. The van der Waals surface area contributed by atoms with Crippen LogP contribution in [-0.4, -0.2) is 24.9 Å². The molecule has 16 heavy (non-hydrogen) atoms. The predicted octanol–water partition coefficient (Wildman–Crippen LogP) is 1.83. The highest BCUT2D eigenvalue weighted by atomic mass is 35.5. The van der Waals surface area contributed by atoms with Crippen molar-refractivity contribution in [1.82, 2.24) is 4.90 Å². The van der Waals surface area contributed by atoms with Crippen LogP contribution in [0.25, 0.3) is 0 Å². The lowest BCUT2D eigenvalue weighted by Crippen LogP contribution is -2.10. The van der Waals surface area contributed by atoms with Crippen LogP contribution >= 0.6 is 12.4 Å². The molecule has 1 rings (SSSR count). The predicted molar refractivity (Wildman–Crippen MR) is 70.5 cm³/mol. The average Bonchev–Trinajstić information content (AvgIpc) is 2.19. The molecule has 90 valence electrons. The van der Waals surface area contributed by atoms with Gasteiger partial charge in [0.2, 0.25) is 5.91 Å². The number of primary amides is 1. The number of carbonyl (C=O) groups is 1. The number of amides is 1. The second-order valence-corrected chi connectivity index (χ2v) is 3.33. The molecule has 2 N–H and O–H groups in total. The van der Waals surface area contributed by atoms with E-state index in [9.17, 15) is 4.79 Å². The molecule has 1 amide bonds. The molecule has 0 atom stereocenters. The lowest BCUT2D eigenvalue weighted by atomic mass is 10.2. The van der Waals surface area contributed by atoms with Gasteiger partial charge in [0.25, 0.3) is 0 Å². The first kappa shape index (κ1) is 17.1. The highest BCUT2D eigenvalue weighted by Crippen LogP contribution is 1.99. The summed E-state index contributed by atoms with van der Waals surface area (Å²) in [6.45, 7) is 4.11. The number of benzene rings is 1. The molecule has 0 aliphatic carbocycles. The topological polar surface area (TPSA) is 46.3 Å². The summed E-state index contributed by atoms with van der Waals surface area (Å²) >= 11 is 0. The summed E-state index contributed by atoms with van der Waals surface area (Å²) in [7, 11) is 4.15. The molecule has 0 saturated carbocycles. The van der Waals surface area contributed by atoms with Crippen molar-refractivity contribution in [2.45, 2.75) is 6.54 Å². The van der Waals surface area contributed by atoms with Gasteiger partial charge in [0.15, 0.2) is 0 Å². The van der Waals surface area contributed by atoms with Crippen LogP contribution in [0, 0.1) is 0 Å². The van der Waals surface area contributed by atoms with Gasteiger partial charge < -0.3 is 10.6 Å². The number of hydrogen-bond donors (Lipinski definition) is 1. The van der Waals surface area contributed by atoms with E-state index in [1.54, 1.807) is 0 Å². The molecule has 0 unspecified atom stereocenters. The van der Waals surface area contributed by atoms with Crippen molar-refractivity contribution in [2.24, 2.45) is 5.73 Å². The van der Waals surface area contributed by atoms with Crippen molar-refractivity contribution in [2.75, 3.05) is 14.1 Å². The van der Waals surface area contributed by atoms with E-state index in [4.69, 9.17) is 0 Å². The molecule has 1 aromatic carbocycles. The Bertz CT molecular complexity index is 299. The lowest BCUT2D eigenvalue weighted by Gasteiger charge is -2.08. The second-order valence-electron chi connectivity index (χ2n) is 3.33. The first-order valence-electron chi connectivity index (χ1n) is 4.66. The van der Waals surface area contributed by atoms with E-state index >= 15 is 0 Å². The standard InChI is InChI=1S/C9H13N.C3H5NO.ClH/c1-10(2)8-9-6-4-3-5-7-9;1-2-3(4)5;/h3-7H,8H2,1-2H3;2H,1H2,(H2,4,5);1H. The van der Waals surface area contributed by atoms with Gasteiger partial charge >= 0.3 is 0 Å². The molecule has 0 bridgehead atoms. The van der Waals surface area contributed by atoms with E-state index in [1.165, 1.54) is 5.56 Å². The van der Waals surface area contributed by atoms with E-state index in [-0.39, 0.29) is 12.4 Å². The number of nitrogens with zero attached hydrogens (tertiary/aromatic N) is 1. The fraction of sp³-hybridized carbons (Fsp3) is 0.250. The number of nitrogens with two attached hydrogens (primary N) is 1. The monoisotopic (exact) mass is 242 g/mol. The zero-order chi connectivity index (χ0) is 11.7. The summed E-state index contributed by atoms with van der Waals surface area (Å²) in [4.78, 5) is 11.6. The molecule has 0 saturated heterocycles. The van der Waals surface area contributed by atoms with E-state index in [0.29, 0.717) is 0 Å². The first-order chi connectivity index (χ1) is 7.06. The van der Waals surface area contributed by atoms with Gasteiger partial charge in [-0.25, -0.2) is 0 Å². The van der Waals surface area contributed by atoms with E-state index in [0.717, 1.165) is 12.6 Å². The molecule has 0 fully saturated rings. The minimum atomic E-state index is -0.481. The second kappa shape index (κ2) is 10.2. The van der Waals surface area contributed by atoms with Crippen molar-refractivity contribution in [3.63, 3.8) is 0 Å². The molecule has 0 aliphatic rings. The van der Waals surface area contributed by atoms with Crippen LogP contribution in [0.5, 0.6) is 0 Å². The Hall–Kier alpha value is -1.32. The number of rotatable bonds is 3. The quantitative estimate of drug-likeness (QED) is 0.822. The van der Waals surface area contributed by atoms with Crippen LogP contribution in [0.15, 0.2) is 43.0 Å². The zero-order valence-corrected chi connectivity index (χ0v) is 10.5. The van der Waals surface area contributed by atoms with Gasteiger partial charge in [-0.15, -0.1) is 12.4 Å². The van der Waals surface area contributed by atoms with E-state index in [1.807, 2.05) is 6.07 Å². The molecule has 4 heteroatoms. The largest absolute Gasteiger partial charge is 0.366 e. The number of halogens is 1. The fourth-order valence-electron chi connectivity index (χ4n) is 0.949. The van der Waals surface area contributed by atoms with Crippen molar-refractivity contribution < 1.29 is 4.79 Å². The summed E-state index contributed by atoms with van der Waals surface area (Å²) in [5.41, 5.74) is 5.90. The number of carbonyl (C=O) groups excluding carboxylic acids is 1. The Morgan fingerprint density at radius 1 is 1.38 bits per heavy atom. The molecular weight excluding hydrogens is 224 g/mol. The van der Waals surface area contributed by atoms with Crippen LogP contribution in [0.3, 0.4) is 0 Å². The smallest absolute Gasteiger partial charge is 0.240 e. The molecule has 0 aliphatic heterocycles. The number of hydrogen-bond acceptors (Lipinski definition) is 2. The van der Waals surface area contributed by atoms with Gasteiger partial charge in [0.1, 0.15) is 0 Å². The van der Waals surface area contributed by atoms with Gasteiger partial charge in [-0.3, -0.25) is 4.79 Å². The molecule has 0 radical (unpaired) electrons. The highest BCUT2D eigenvalue weighted by Gasteiger charge is 1.90. The van der Waals surface area contributed by atoms with Gasteiger partial charge in [-0.05, 0) is 25.7 Å². The Morgan fingerprint density at radius 2 is 1.81 bits per heavy atom. The van der Waals surface area contributed by atoms with E-state index < -0.39 is 5.91 Å². The Labute approximate surface area is 103 Å². The van der Waals surface area contributed by atoms with Crippen molar-refractivity contribution in [3.8, 4) is 0 Å². The summed E-state index contributed by atoms with van der Waals surface area (Å²) in [5.74, 6) is -0.481. The van der Waals surface area contributed by atoms with Gasteiger partial charge in [0.05, 0.1) is 0 Å².